The summed E-state index contributed by atoms with van der Waals surface area (Å²) in [4.78, 5) is 15.8. The van der Waals surface area contributed by atoms with Crippen molar-refractivity contribution in [2.24, 2.45) is 5.84 Å². The van der Waals surface area contributed by atoms with Gasteiger partial charge in [-0.15, -0.1) is 0 Å². The van der Waals surface area contributed by atoms with Gasteiger partial charge in [0.1, 0.15) is 0 Å². The van der Waals surface area contributed by atoms with E-state index in [1.54, 1.807) is 29.2 Å². The lowest BCUT2D eigenvalue weighted by atomic mass is 10.2. The van der Waals surface area contributed by atoms with Crippen LogP contribution >= 0.6 is 0 Å². The van der Waals surface area contributed by atoms with Crippen molar-refractivity contribution in [3.8, 4) is 0 Å². The molecule has 2 rings (SSSR count). The summed E-state index contributed by atoms with van der Waals surface area (Å²) in [6.07, 6.45) is 5.10. The third kappa shape index (κ3) is 2.83. The topological polar surface area (TPSA) is 97.9 Å². The summed E-state index contributed by atoms with van der Waals surface area (Å²) >= 11 is 0. The van der Waals surface area contributed by atoms with Crippen molar-refractivity contribution in [2.75, 3.05) is 12.0 Å². The molecule has 0 saturated carbocycles. The predicted octanol–water partition coefficient (Wildman–Crippen LogP) is -0.00630. The first-order chi connectivity index (χ1) is 8.81. The molecule has 4 N–H and O–H groups in total. The van der Waals surface area contributed by atoms with E-state index in [1.807, 2.05) is 12.3 Å². The molecule has 0 saturated heterocycles. The van der Waals surface area contributed by atoms with Gasteiger partial charge in [-0.2, -0.15) is 5.10 Å². The van der Waals surface area contributed by atoms with Crippen molar-refractivity contribution in [2.45, 2.75) is 6.54 Å². The van der Waals surface area contributed by atoms with Gasteiger partial charge in [0.25, 0.3) is 5.91 Å². The summed E-state index contributed by atoms with van der Waals surface area (Å²) in [6, 6.07) is 5.17. The Morgan fingerprint density at radius 3 is 3.00 bits per heavy atom. The quantitative estimate of drug-likeness (QED) is 0.509. The monoisotopic (exact) mass is 246 g/mol. The number of nitrogens with one attached hydrogen (secondary N) is 2. The molecular weight excluding hydrogens is 232 g/mol. The summed E-state index contributed by atoms with van der Waals surface area (Å²) in [6.45, 7) is 1.10. The Balaban J connectivity index is 1.91. The first-order valence-corrected chi connectivity index (χ1v) is 5.48. The number of amides is 1. The Labute approximate surface area is 104 Å². The van der Waals surface area contributed by atoms with Gasteiger partial charge in [0.05, 0.1) is 12.1 Å². The molecule has 0 unspecified atom stereocenters. The summed E-state index contributed by atoms with van der Waals surface area (Å²) in [5.74, 6) is 5.42. The average Bonchev–Trinajstić information content (AvgIpc) is 2.91. The summed E-state index contributed by atoms with van der Waals surface area (Å²) in [5.41, 5.74) is 2.81. The van der Waals surface area contributed by atoms with E-state index in [1.165, 1.54) is 0 Å². The lowest BCUT2D eigenvalue weighted by Crippen LogP contribution is -2.28. The van der Waals surface area contributed by atoms with E-state index in [4.69, 9.17) is 5.84 Å². The van der Waals surface area contributed by atoms with E-state index >= 15 is 0 Å². The van der Waals surface area contributed by atoms with Crippen LogP contribution in [0.4, 0.5) is 5.82 Å². The van der Waals surface area contributed by atoms with Crippen LogP contribution < -0.4 is 16.6 Å². The Morgan fingerprint density at radius 1 is 1.39 bits per heavy atom. The second kappa shape index (κ2) is 5.78. The largest absolute Gasteiger partial charge is 0.350 e. The molecule has 0 aliphatic heterocycles. The van der Waals surface area contributed by atoms with Crippen LogP contribution in [0.25, 0.3) is 0 Å². The van der Waals surface area contributed by atoms with Crippen molar-refractivity contribution in [3.05, 3.63) is 42.4 Å². The van der Waals surface area contributed by atoms with Crippen molar-refractivity contribution in [1.29, 1.82) is 0 Å². The molecular formula is C11H14N6O. The predicted molar refractivity (Wildman–Crippen MR) is 66.6 cm³/mol. The number of nitrogens with two attached hydrogens (primary N) is 1. The molecule has 0 aliphatic rings. The van der Waals surface area contributed by atoms with Crippen LogP contribution in [0.15, 0.2) is 36.8 Å². The molecule has 1 amide bonds. The summed E-state index contributed by atoms with van der Waals surface area (Å²) in [5, 5.41) is 6.82. The van der Waals surface area contributed by atoms with Crippen molar-refractivity contribution >= 4 is 11.7 Å². The molecule has 0 aromatic carbocycles. The highest BCUT2D eigenvalue weighted by Gasteiger charge is 2.10. The van der Waals surface area contributed by atoms with Crippen LogP contribution in [0.1, 0.15) is 10.4 Å². The maximum Gasteiger partial charge on any atom is 0.255 e. The number of nitrogens with zero attached hydrogens (tertiary/aromatic N) is 3. The van der Waals surface area contributed by atoms with Crippen LogP contribution in [-0.2, 0) is 6.54 Å². The number of hydrazine groups is 1. The smallest absolute Gasteiger partial charge is 0.255 e. The molecule has 0 radical (unpaired) electrons. The van der Waals surface area contributed by atoms with Crippen LogP contribution in [0.5, 0.6) is 0 Å². The Kier molecular flexibility index (Phi) is 3.87. The molecule has 18 heavy (non-hydrogen) atoms. The number of rotatable bonds is 5. The molecule has 2 aromatic heterocycles. The normalized spacial score (nSPS) is 10.1. The maximum absolute atomic E-state index is 11.9. The molecule has 2 heterocycles. The highest BCUT2D eigenvalue weighted by atomic mass is 16.1. The van der Waals surface area contributed by atoms with Crippen LogP contribution in [0, 0.1) is 0 Å². The number of aromatic nitrogens is 3. The van der Waals surface area contributed by atoms with Gasteiger partial charge in [-0.3, -0.25) is 9.48 Å². The van der Waals surface area contributed by atoms with Gasteiger partial charge in [0.2, 0.25) is 0 Å². The zero-order chi connectivity index (χ0) is 12.8. The zero-order valence-corrected chi connectivity index (χ0v) is 9.71. The molecule has 0 atom stereocenters. The maximum atomic E-state index is 11.9. The summed E-state index contributed by atoms with van der Waals surface area (Å²) in [7, 11) is 0. The Bertz CT molecular complexity index is 510. The van der Waals surface area contributed by atoms with Gasteiger partial charge in [-0.05, 0) is 18.2 Å². The molecule has 7 heteroatoms. The fourth-order valence-electron chi connectivity index (χ4n) is 1.52. The van der Waals surface area contributed by atoms with Gasteiger partial charge in [0, 0.05) is 25.1 Å². The number of nitrogen functional groups attached to an aromatic ring is 1. The van der Waals surface area contributed by atoms with E-state index in [0.29, 0.717) is 24.5 Å². The number of pyridine rings is 1. The van der Waals surface area contributed by atoms with E-state index in [2.05, 4.69) is 20.8 Å². The molecule has 0 aliphatic carbocycles. The minimum atomic E-state index is -0.219. The van der Waals surface area contributed by atoms with Gasteiger partial charge in [-0.1, -0.05) is 0 Å². The first-order valence-electron chi connectivity index (χ1n) is 5.48. The van der Waals surface area contributed by atoms with Gasteiger partial charge >= 0.3 is 0 Å². The number of hydrogen-bond acceptors (Lipinski definition) is 5. The van der Waals surface area contributed by atoms with Gasteiger partial charge < -0.3 is 10.7 Å². The van der Waals surface area contributed by atoms with Gasteiger partial charge in [0.15, 0.2) is 5.82 Å². The van der Waals surface area contributed by atoms with E-state index in [-0.39, 0.29) is 5.91 Å². The lowest BCUT2D eigenvalue weighted by Gasteiger charge is -2.08. The number of anilines is 1. The lowest BCUT2D eigenvalue weighted by molar-refractivity contribution is 0.0952. The Morgan fingerprint density at radius 2 is 2.28 bits per heavy atom. The van der Waals surface area contributed by atoms with Crippen molar-refractivity contribution in [3.63, 3.8) is 0 Å². The SMILES string of the molecule is NNc1ncccc1C(=O)NCCn1cccn1. The number of carbonyl (C=O) groups excluding carboxylic acids is 1. The highest BCUT2D eigenvalue weighted by molar-refractivity contribution is 5.98. The average molecular weight is 246 g/mol. The molecule has 7 nitrogen and oxygen atoms in total. The second-order valence-electron chi connectivity index (χ2n) is 3.57. The highest BCUT2D eigenvalue weighted by Crippen LogP contribution is 2.08. The second-order valence-corrected chi connectivity index (χ2v) is 3.57. The zero-order valence-electron chi connectivity index (χ0n) is 9.71. The molecule has 0 bridgehead atoms. The third-order valence-electron chi connectivity index (χ3n) is 2.37. The number of carbonyl (C=O) groups is 1. The standard InChI is InChI=1S/C11H14N6O/c12-16-10-9(3-1-4-13-10)11(18)14-6-8-17-7-2-5-15-17/h1-5,7H,6,8,12H2,(H,13,16)(H,14,18). The van der Waals surface area contributed by atoms with Crippen molar-refractivity contribution < 1.29 is 4.79 Å². The van der Waals surface area contributed by atoms with E-state index in [9.17, 15) is 4.79 Å². The Hall–Kier alpha value is -2.41. The van der Waals surface area contributed by atoms with Crippen molar-refractivity contribution in [1.82, 2.24) is 20.1 Å². The first kappa shape index (κ1) is 12.1. The molecule has 94 valence electrons. The fraction of sp³-hybridized carbons (Fsp3) is 0.182. The number of hydrogen-bond donors (Lipinski definition) is 3. The minimum Gasteiger partial charge on any atom is -0.350 e. The fourth-order valence-corrected chi connectivity index (χ4v) is 1.52. The summed E-state index contributed by atoms with van der Waals surface area (Å²) < 4.78 is 1.74. The van der Waals surface area contributed by atoms with E-state index in [0.717, 1.165) is 0 Å². The van der Waals surface area contributed by atoms with Crippen LogP contribution in [0.2, 0.25) is 0 Å². The van der Waals surface area contributed by atoms with Gasteiger partial charge in [-0.25, -0.2) is 10.8 Å². The van der Waals surface area contributed by atoms with Crippen LogP contribution in [-0.4, -0.2) is 27.2 Å². The van der Waals surface area contributed by atoms with E-state index < -0.39 is 0 Å². The molecule has 0 fully saturated rings. The minimum absolute atomic E-state index is 0.219. The molecule has 2 aromatic rings. The molecule has 0 spiro atoms. The third-order valence-corrected chi connectivity index (χ3v) is 2.37. The van der Waals surface area contributed by atoms with Crippen LogP contribution in [0.3, 0.4) is 0 Å².